The monoisotopic (exact) mass is 415 g/mol. The summed E-state index contributed by atoms with van der Waals surface area (Å²) in [5.74, 6) is -0.945. The Bertz CT molecular complexity index is 1130. The number of aryl methyl sites for hydroxylation is 1. The molecule has 4 rings (SSSR count). The van der Waals surface area contributed by atoms with Gasteiger partial charge in [0.2, 0.25) is 0 Å². The van der Waals surface area contributed by atoms with Crippen LogP contribution >= 0.6 is 22.9 Å². The summed E-state index contributed by atoms with van der Waals surface area (Å²) in [7, 11) is 0. The van der Waals surface area contributed by atoms with Gasteiger partial charge >= 0.3 is 5.97 Å². The van der Waals surface area contributed by atoms with Crippen molar-refractivity contribution in [3.05, 3.63) is 51.0 Å². The predicted molar refractivity (Wildman–Crippen MR) is 112 cm³/mol. The molecule has 1 amide bonds. The number of nitrogens with two attached hydrogens (primary N) is 1. The van der Waals surface area contributed by atoms with Crippen LogP contribution in [0, 0.1) is 5.92 Å². The zero-order valence-electron chi connectivity index (χ0n) is 15.1. The molecule has 4 N–H and O–H groups in total. The Hall–Kier alpha value is -2.64. The number of carboxylic acid groups (broad SMARTS) is 1. The maximum atomic E-state index is 12.8. The maximum absolute atomic E-state index is 12.8. The van der Waals surface area contributed by atoms with Crippen LogP contribution in [-0.4, -0.2) is 22.0 Å². The summed E-state index contributed by atoms with van der Waals surface area (Å²) in [5.41, 5.74) is 9.21. The fourth-order valence-corrected chi connectivity index (χ4v) is 4.69. The number of anilines is 2. The minimum atomic E-state index is -1.16. The highest BCUT2D eigenvalue weighted by Crippen LogP contribution is 2.36. The van der Waals surface area contributed by atoms with E-state index in [4.69, 9.17) is 22.3 Å². The van der Waals surface area contributed by atoms with Crippen LogP contribution in [0.25, 0.3) is 10.2 Å². The number of pyridine rings is 1. The quantitative estimate of drug-likeness (QED) is 0.579. The van der Waals surface area contributed by atoms with E-state index in [1.807, 2.05) is 0 Å². The van der Waals surface area contributed by atoms with Crippen LogP contribution in [0.1, 0.15) is 44.6 Å². The van der Waals surface area contributed by atoms with Crippen LogP contribution in [0.2, 0.25) is 5.02 Å². The van der Waals surface area contributed by atoms with Crippen LogP contribution in [-0.2, 0) is 12.8 Å². The summed E-state index contributed by atoms with van der Waals surface area (Å²) in [5, 5.41) is 12.8. The first-order chi connectivity index (χ1) is 13.3. The summed E-state index contributed by atoms with van der Waals surface area (Å²) in [6.07, 6.45) is 3.02. The van der Waals surface area contributed by atoms with Gasteiger partial charge in [0.1, 0.15) is 9.71 Å². The number of nitrogens with one attached hydrogen (secondary N) is 1. The van der Waals surface area contributed by atoms with Gasteiger partial charge in [-0.2, -0.15) is 0 Å². The second kappa shape index (κ2) is 7.07. The van der Waals surface area contributed by atoms with Gasteiger partial charge in [0, 0.05) is 16.8 Å². The van der Waals surface area contributed by atoms with Crippen LogP contribution in [0.4, 0.5) is 11.4 Å². The third kappa shape index (κ3) is 3.31. The smallest absolute Gasteiger partial charge is 0.337 e. The summed E-state index contributed by atoms with van der Waals surface area (Å²) in [6, 6.07) is 6.37. The van der Waals surface area contributed by atoms with Gasteiger partial charge in [-0.25, -0.2) is 9.78 Å². The highest BCUT2D eigenvalue weighted by atomic mass is 35.5. The number of thiophene rings is 1. The molecule has 1 aliphatic rings. The average Bonchev–Trinajstić information content (AvgIpc) is 2.97. The van der Waals surface area contributed by atoms with E-state index in [1.54, 1.807) is 6.07 Å². The summed E-state index contributed by atoms with van der Waals surface area (Å²) < 4.78 is 0. The van der Waals surface area contributed by atoms with Crippen molar-refractivity contribution < 1.29 is 14.7 Å². The van der Waals surface area contributed by atoms with Crippen molar-refractivity contribution in [1.29, 1.82) is 0 Å². The Morgan fingerprint density at radius 1 is 1.36 bits per heavy atom. The molecular formula is C20H18ClN3O3S. The van der Waals surface area contributed by atoms with Crippen LogP contribution in [0.15, 0.2) is 24.3 Å². The number of nitrogen functional groups attached to an aromatic ring is 1. The number of hydrogen-bond acceptors (Lipinski definition) is 5. The molecular weight excluding hydrogens is 398 g/mol. The third-order valence-corrected chi connectivity index (χ3v) is 6.44. The maximum Gasteiger partial charge on any atom is 0.337 e. The van der Waals surface area contributed by atoms with Gasteiger partial charge in [-0.15, -0.1) is 11.3 Å². The molecule has 1 aromatic carbocycles. The minimum Gasteiger partial charge on any atom is -0.478 e. The summed E-state index contributed by atoms with van der Waals surface area (Å²) in [4.78, 5) is 29.8. The van der Waals surface area contributed by atoms with Crippen molar-refractivity contribution >= 4 is 56.4 Å². The number of halogens is 1. The van der Waals surface area contributed by atoms with Gasteiger partial charge < -0.3 is 16.2 Å². The number of amides is 1. The second-order valence-electron chi connectivity index (χ2n) is 7.09. The van der Waals surface area contributed by atoms with Gasteiger partial charge in [-0.1, -0.05) is 18.5 Å². The van der Waals surface area contributed by atoms with E-state index < -0.39 is 11.9 Å². The molecule has 1 unspecified atom stereocenters. The average molecular weight is 416 g/mol. The van der Waals surface area contributed by atoms with Crippen molar-refractivity contribution in [1.82, 2.24) is 4.98 Å². The topological polar surface area (TPSA) is 105 Å². The molecule has 2 heterocycles. The van der Waals surface area contributed by atoms with E-state index in [-0.39, 0.29) is 10.6 Å². The van der Waals surface area contributed by atoms with Crippen molar-refractivity contribution in [3.63, 3.8) is 0 Å². The van der Waals surface area contributed by atoms with E-state index >= 15 is 0 Å². The fourth-order valence-electron chi connectivity index (χ4n) is 3.50. The Labute approximate surface area is 170 Å². The van der Waals surface area contributed by atoms with E-state index in [9.17, 15) is 14.7 Å². The SMILES string of the molecule is CC1CCc2nc3sc(C(=O)Nc4ccc(Cl)c(C(=O)O)c4)c(N)c3cc2C1. The molecule has 1 aliphatic carbocycles. The molecule has 28 heavy (non-hydrogen) atoms. The van der Waals surface area contributed by atoms with Gasteiger partial charge in [0.15, 0.2) is 0 Å². The van der Waals surface area contributed by atoms with Crippen molar-refractivity contribution in [3.8, 4) is 0 Å². The standard InChI is InChI=1S/C20H18ClN3O3S/c1-9-2-5-15-10(6-9)7-13-16(22)17(28-19(13)24-15)18(25)23-11-3-4-14(21)12(8-11)20(26)27/h3-4,7-9H,2,5-6,22H2,1H3,(H,23,25)(H,26,27). The number of nitrogens with zero attached hydrogens (tertiary/aromatic N) is 1. The lowest BCUT2D eigenvalue weighted by Crippen LogP contribution is -2.13. The molecule has 8 heteroatoms. The molecule has 0 aliphatic heterocycles. The number of carboxylic acids is 1. The summed E-state index contributed by atoms with van der Waals surface area (Å²) in [6.45, 7) is 2.22. The largest absolute Gasteiger partial charge is 0.478 e. The first-order valence-electron chi connectivity index (χ1n) is 8.88. The summed E-state index contributed by atoms with van der Waals surface area (Å²) >= 11 is 7.12. The zero-order chi connectivity index (χ0) is 20.0. The van der Waals surface area contributed by atoms with E-state index in [0.29, 0.717) is 22.2 Å². The fraction of sp³-hybridized carbons (Fsp3) is 0.250. The molecule has 0 spiro atoms. The Balaban J connectivity index is 1.67. The molecule has 3 aromatic rings. The van der Waals surface area contributed by atoms with E-state index in [1.165, 1.54) is 29.0 Å². The first kappa shape index (κ1) is 18.7. The van der Waals surface area contributed by atoms with Gasteiger partial charge in [-0.05, 0) is 55.0 Å². The molecule has 1 atom stereocenters. The minimum absolute atomic E-state index is 0.0766. The molecule has 0 radical (unpaired) electrons. The number of benzene rings is 1. The Kier molecular flexibility index (Phi) is 4.72. The van der Waals surface area contributed by atoms with Gasteiger partial charge in [-0.3, -0.25) is 4.79 Å². The Morgan fingerprint density at radius 2 is 2.14 bits per heavy atom. The number of carbonyl (C=O) groups is 2. The first-order valence-corrected chi connectivity index (χ1v) is 10.1. The third-order valence-electron chi connectivity index (χ3n) is 4.99. The molecule has 0 saturated heterocycles. The molecule has 6 nitrogen and oxygen atoms in total. The highest BCUT2D eigenvalue weighted by molar-refractivity contribution is 7.21. The zero-order valence-corrected chi connectivity index (χ0v) is 16.7. The normalized spacial score (nSPS) is 16.0. The number of aromatic carboxylic acids is 1. The van der Waals surface area contributed by atoms with Crippen LogP contribution < -0.4 is 11.1 Å². The lowest BCUT2D eigenvalue weighted by molar-refractivity contribution is 0.0696. The van der Waals surface area contributed by atoms with E-state index in [2.05, 4.69) is 18.3 Å². The number of aromatic nitrogens is 1. The second-order valence-corrected chi connectivity index (χ2v) is 8.50. The van der Waals surface area contributed by atoms with Crippen molar-refractivity contribution in [2.24, 2.45) is 5.92 Å². The number of fused-ring (bicyclic) bond motifs is 2. The molecule has 0 fully saturated rings. The predicted octanol–water partition coefficient (Wildman–Crippen LogP) is 4.61. The molecule has 0 bridgehead atoms. The number of carbonyl (C=O) groups excluding carboxylic acids is 1. The number of rotatable bonds is 3. The molecule has 2 aromatic heterocycles. The molecule has 144 valence electrons. The van der Waals surface area contributed by atoms with Crippen molar-refractivity contribution in [2.75, 3.05) is 11.1 Å². The lowest BCUT2D eigenvalue weighted by Gasteiger charge is -2.20. The van der Waals surface area contributed by atoms with Gasteiger partial charge in [0.25, 0.3) is 5.91 Å². The van der Waals surface area contributed by atoms with Gasteiger partial charge in [0.05, 0.1) is 16.3 Å². The van der Waals surface area contributed by atoms with Crippen LogP contribution in [0.5, 0.6) is 0 Å². The Morgan fingerprint density at radius 3 is 2.89 bits per heavy atom. The van der Waals surface area contributed by atoms with Crippen molar-refractivity contribution in [2.45, 2.75) is 26.2 Å². The van der Waals surface area contributed by atoms with E-state index in [0.717, 1.165) is 35.2 Å². The highest BCUT2D eigenvalue weighted by Gasteiger charge is 2.22. The number of hydrogen-bond donors (Lipinski definition) is 3. The molecule has 0 saturated carbocycles. The van der Waals surface area contributed by atoms with Crippen LogP contribution in [0.3, 0.4) is 0 Å². The lowest BCUT2D eigenvalue weighted by atomic mass is 9.87.